The van der Waals surface area contributed by atoms with Crippen LogP contribution in [0.2, 0.25) is 0 Å². The maximum atomic E-state index is 11.2. The molecule has 0 radical (unpaired) electrons. The lowest BCUT2D eigenvalue weighted by Gasteiger charge is -2.10. The summed E-state index contributed by atoms with van der Waals surface area (Å²) in [6, 6.07) is 14.6. The number of hydrogen-bond donors (Lipinski definition) is 2. The number of benzene rings is 3. The minimum Gasteiger partial charge on any atom is -0.497 e. The van der Waals surface area contributed by atoms with Crippen LogP contribution in [0.4, 0.5) is 0 Å². The Morgan fingerprint density at radius 3 is 2.05 bits per heavy atom. The molecule has 7 heteroatoms. The summed E-state index contributed by atoms with van der Waals surface area (Å²) in [5.41, 5.74) is 4.93. The largest absolute Gasteiger partial charge is 0.497 e. The van der Waals surface area contributed by atoms with Crippen molar-refractivity contribution in [2.75, 3.05) is 13.7 Å². The van der Waals surface area contributed by atoms with Gasteiger partial charge in [-0.1, -0.05) is 37.8 Å². The average Bonchev–Trinajstić information content (AvgIpc) is 3.24. The Labute approximate surface area is 222 Å². The second-order valence-corrected chi connectivity index (χ2v) is 9.78. The van der Waals surface area contributed by atoms with E-state index in [1.807, 2.05) is 6.07 Å². The summed E-state index contributed by atoms with van der Waals surface area (Å²) in [6.07, 6.45) is 6.26. The van der Waals surface area contributed by atoms with E-state index < -0.39 is 11.9 Å². The third kappa shape index (κ3) is 5.93. The monoisotopic (exact) mass is 517 g/mol. The van der Waals surface area contributed by atoms with E-state index in [0.717, 1.165) is 56.9 Å². The highest BCUT2D eigenvalue weighted by atomic mass is 16.5. The third-order valence-corrected chi connectivity index (χ3v) is 7.07. The lowest BCUT2D eigenvalue weighted by atomic mass is 10.0. The number of aromatic carboxylic acids is 2. The zero-order chi connectivity index (χ0) is 27.2. The number of carbonyl (C=O) groups is 2. The molecule has 1 aromatic heterocycles. The number of nitrogens with zero attached hydrogens (tertiary/aromatic N) is 1. The van der Waals surface area contributed by atoms with Crippen LogP contribution in [0, 0.1) is 13.8 Å². The van der Waals surface area contributed by atoms with Gasteiger partial charge in [0.25, 0.3) is 0 Å². The van der Waals surface area contributed by atoms with E-state index >= 15 is 0 Å². The number of carboxylic acid groups (broad SMARTS) is 2. The summed E-state index contributed by atoms with van der Waals surface area (Å²) in [4.78, 5) is 22.5. The van der Waals surface area contributed by atoms with Crippen LogP contribution in [0.3, 0.4) is 0 Å². The number of hydrogen-bond acceptors (Lipinski definition) is 4. The third-order valence-electron chi connectivity index (χ3n) is 7.07. The van der Waals surface area contributed by atoms with E-state index in [-0.39, 0.29) is 16.9 Å². The number of methoxy groups -OCH3 is 1. The van der Waals surface area contributed by atoms with Gasteiger partial charge >= 0.3 is 11.9 Å². The normalized spacial score (nSPS) is 11.2. The summed E-state index contributed by atoms with van der Waals surface area (Å²) >= 11 is 0. The van der Waals surface area contributed by atoms with Crippen molar-refractivity contribution < 1.29 is 29.3 Å². The highest BCUT2D eigenvalue weighted by molar-refractivity contribution is 6.11. The van der Waals surface area contributed by atoms with E-state index in [9.17, 15) is 19.8 Å². The molecule has 0 aliphatic heterocycles. The first-order valence-corrected chi connectivity index (χ1v) is 13.1. The molecule has 3 aromatic carbocycles. The van der Waals surface area contributed by atoms with Crippen LogP contribution in [-0.4, -0.2) is 40.4 Å². The number of ether oxygens (including phenoxy) is 2. The minimum atomic E-state index is -1.18. The van der Waals surface area contributed by atoms with Gasteiger partial charge in [0.1, 0.15) is 11.5 Å². The second-order valence-electron chi connectivity index (χ2n) is 9.78. The van der Waals surface area contributed by atoms with Crippen LogP contribution >= 0.6 is 0 Å². The van der Waals surface area contributed by atoms with Gasteiger partial charge < -0.3 is 24.3 Å². The van der Waals surface area contributed by atoms with Gasteiger partial charge in [0.15, 0.2) is 0 Å². The minimum absolute atomic E-state index is 0.0901. The molecule has 0 bridgehead atoms. The molecule has 0 saturated heterocycles. The molecule has 1 heterocycles. The number of aryl methyl sites for hydroxylation is 3. The molecule has 0 aliphatic carbocycles. The molecule has 7 nitrogen and oxygen atoms in total. The Hall–Kier alpha value is -4.00. The summed E-state index contributed by atoms with van der Waals surface area (Å²) in [6.45, 7) is 5.73. The molecule has 4 aromatic rings. The van der Waals surface area contributed by atoms with Crippen LogP contribution in [0.1, 0.15) is 70.4 Å². The van der Waals surface area contributed by atoms with E-state index in [1.54, 1.807) is 7.11 Å². The van der Waals surface area contributed by atoms with Crippen molar-refractivity contribution in [1.82, 2.24) is 4.57 Å². The highest BCUT2D eigenvalue weighted by Gasteiger charge is 2.15. The molecule has 0 aliphatic rings. The van der Waals surface area contributed by atoms with E-state index in [1.165, 1.54) is 45.1 Å². The van der Waals surface area contributed by atoms with Gasteiger partial charge in [-0.25, -0.2) is 9.59 Å². The molecule has 2 N–H and O–H groups in total. The zero-order valence-corrected chi connectivity index (χ0v) is 22.3. The predicted molar refractivity (Wildman–Crippen MR) is 149 cm³/mol. The first-order valence-electron chi connectivity index (χ1n) is 13.1. The summed E-state index contributed by atoms with van der Waals surface area (Å²) in [5, 5.41) is 20.9. The maximum Gasteiger partial charge on any atom is 0.335 e. The first-order chi connectivity index (χ1) is 18.3. The predicted octanol–water partition coefficient (Wildman–Crippen LogP) is 7.24. The molecule has 0 atom stereocenters. The van der Waals surface area contributed by atoms with Crippen molar-refractivity contribution in [3.8, 4) is 11.5 Å². The number of carboxylic acids is 2. The van der Waals surface area contributed by atoms with Gasteiger partial charge in [-0.05, 0) is 74.2 Å². The number of rotatable bonds is 13. The van der Waals surface area contributed by atoms with Crippen LogP contribution in [0.25, 0.3) is 21.8 Å². The van der Waals surface area contributed by atoms with Crippen LogP contribution in [0.15, 0.2) is 48.5 Å². The molecule has 0 unspecified atom stereocenters. The molecule has 0 spiro atoms. The van der Waals surface area contributed by atoms with E-state index in [2.05, 4.69) is 42.7 Å². The van der Waals surface area contributed by atoms with Gasteiger partial charge in [-0.2, -0.15) is 0 Å². The Balaban J connectivity index is 1.27. The summed E-state index contributed by atoms with van der Waals surface area (Å²) < 4.78 is 13.6. The number of fused-ring (bicyclic) bond motifs is 3. The fraction of sp³-hybridized carbons (Fsp3) is 0.355. The molecule has 0 saturated carbocycles. The SMILES string of the molecule is COc1ccc2c(c1)c1c(C)ccc(C)c1n2CCCCCCCCOc1cc(C(=O)O)cc(C(=O)O)c1. The molecular formula is C31H35NO6. The molecular weight excluding hydrogens is 482 g/mol. The highest BCUT2D eigenvalue weighted by Crippen LogP contribution is 2.35. The van der Waals surface area contributed by atoms with Gasteiger partial charge in [-0.3, -0.25) is 0 Å². The van der Waals surface area contributed by atoms with Gasteiger partial charge in [0.05, 0.1) is 30.4 Å². The zero-order valence-electron chi connectivity index (χ0n) is 22.3. The van der Waals surface area contributed by atoms with Crippen molar-refractivity contribution in [2.24, 2.45) is 0 Å². The summed E-state index contributed by atoms with van der Waals surface area (Å²) in [5.74, 6) is -1.21. The van der Waals surface area contributed by atoms with Crippen molar-refractivity contribution >= 4 is 33.7 Å². The summed E-state index contributed by atoms with van der Waals surface area (Å²) in [7, 11) is 1.71. The number of unbranched alkanes of at least 4 members (excludes halogenated alkanes) is 5. The van der Waals surface area contributed by atoms with Gasteiger partial charge in [-0.15, -0.1) is 0 Å². The first kappa shape index (κ1) is 27.0. The lowest BCUT2D eigenvalue weighted by Crippen LogP contribution is -2.05. The second kappa shape index (κ2) is 12.0. The van der Waals surface area contributed by atoms with Crippen LogP contribution in [-0.2, 0) is 6.54 Å². The molecule has 0 amide bonds. The molecule has 38 heavy (non-hydrogen) atoms. The maximum absolute atomic E-state index is 11.2. The van der Waals surface area contributed by atoms with Crippen molar-refractivity contribution in [3.63, 3.8) is 0 Å². The number of aromatic nitrogens is 1. The lowest BCUT2D eigenvalue weighted by molar-refractivity contribution is 0.0696. The fourth-order valence-electron chi connectivity index (χ4n) is 5.11. The van der Waals surface area contributed by atoms with Crippen molar-refractivity contribution in [1.29, 1.82) is 0 Å². The molecule has 0 fully saturated rings. The smallest absolute Gasteiger partial charge is 0.335 e. The van der Waals surface area contributed by atoms with Gasteiger partial charge in [0, 0.05) is 22.8 Å². The molecule has 4 rings (SSSR count). The van der Waals surface area contributed by atoms with Crippen LogP contribution < -0.4 is 9.47 Å². The Bertz CT molecular complexity index is 1440. The van der Waals surface area contributed by atoms with E-state index in [0.29, 0.717) is 6.61 Å². The van der Waals surface area contributed by atoms with Crippen molar-refractivity contribution in [2.45, 2.75) is 58.9 Å². The van der Waals surface area contributed by atoms with Crippen LogP contribution in [0.5, 0.6) is 11.5 Å². The van der Waals surface area contributed by atoms with Crippen molar-refractivity contribution in [3.05, 3.63) is 70.8 Å². The average molecular weight is 518 g/mol. The Kier molecular flexibility index (Phi) is 8.56. The van der Waals surface area contributed by atoms with Gasteiger partial charge in [0.2, 0.25) is 0 Å². The Morgan fingerprint density at radius 1 is 0.763 bits per heavy atom. The molecule has 200 valence electrons. The fourth-order valence-corrected chi connectivity index (χ4v) is 5.11. The standard InChI is InChI=1S/C31H35NO6/c1-20-10-11-21(2)29-28(20)26-19-24(37-3)12-13-27(26)32(29)14-8-6-4-5-7-9-15-38-25-17-22(30(33)34)16-23(18-25)31(35)36/h10-13,16-19H,4-9,14-15H2,1-3H3,(H,33,34)(H,35,36). The topological polar surface area (TPSA) is 98.0 Å². The Morgan fingerprint density at radius 2 is 1.39 bits per heavy atom. The van der Waals surface area contributed by atoms with E-state index in [4.69, 9.17) is 9.47 Å². The quantitative estimate of drug-likeness (QED) is 0.182.